The number of benzene rings is 3. The van der Waals surface area contributed by atoms with Gasteiger partial charge in [0.2, 0.25) is 5.78 Å². The van der Waals surface area contributed by atoms with Crippen LogP contribution in [0.5, 0.6) is 0 Å². The number of rotatable bonds is 2. The highest BCUT2D eigenvalue weighted by molar-refractivity contribution is 5.84. The van der Waals surface area contributed by atoms with Crippen molar-refractivity contribution in [3.63, 3.8) is 0 Å². The van der Waals surface area contributed by atoms with Gasteiger partial charge in [0, 0.05) is 10.8 Å². The molecule has 2 aromatic heterocycles. The highest BCUT2D eigenvalue weighted by Crippen LogP contribution is 2.18. The third-order valence-electron chi connectivity index (χ3n) is 6.00. The molecule has 184 valence electrons. The molecule has 0 unspecified atom stereocenters. The summed E-state index contributed by atoms with van der Waals surface area (Å²) >= 11 is 0. The fourth-order valence-electron chi connectivity index (χ4n) is 4.52. The van der Waals surface area contributed by atoms with Gasteiger partial charge in [-0.2, -0.15) is 0 Å². The summed E-state index contributed by atoms with van der Waals surface area (Å²) in [5, 5.41) is 2.12. The summed E-state index contributed by atoms with van der Waals surface area (Å²) in [7, 11) is 0. The highest BCUT2D eigenvalue weighted by Gasteiger charge is 2.18. The summed E-state index contributed by atoms with van der Waals surface area (Å²) in [6.45, 7) is 15.6. The van der Waals surface area contributed by atoms with Gasteiger partial charge in [-0.25, -0.2) is 4.98 Å². The zero-order chi connectivity index (χ0) is 25.7. The molecule has 0 fully saturated rings. The second kappa shape index (κ2) is 8.74. The van der Waals surface area contributed by atoms with E-state index in [9.17, 15) is 0 Å². The summed E-state index contributed by atoms with van der Waals surface area (Å²) in [5.41, 5.74) is 5.76. The van der Waals surface area contributed by atoms with Gasteiger partial charge < -0.3 is 0 Å². The molecule has 36 heavy (non-hydrogen) atoms. The van der Waals surface area contributed by atoms with Gasteiger partial charge in [-0.3, -0.25) is 19.0 Å². The van der Waals surface area contributed by atoms with Crippen molar-refractivity contribution < 1.29 is 0 Å². The van der Waals surface area contributed by atoms with Crippen molar-refractivity contribution in [3.05, 3.63) is 94.9 Å². The first-order valence-electron chi connectivity index (χ1n) is 12.6. The van der Waals surface area contributed by atoms with Crippen LogP contribution < -0.4 is 11.0 Å². The third kappa shape index (κ3) is 4.70. The molecule has 0 saturated heterocycles. The molecule has 5 heteroatoms. The molecule has 5 rings (SSSR count). The Bertz CT molecular complexity index is 1720. The monoisotopic (exact) mass is 477 g/mol. The zero-order valence-corrected chi connectivity index (χ0v) is 22.4. The lowest BCUT2D eigenvalue weighted by Gasteiger charge is -2.21. The van der Waals surface area contributed by atoms with Crippen molar-refractivity contribution >= 4 is 27.6 Å². The van der Waals surface area contributed by atoms with Crippen LogP contribution in [-0.4, -0.2) is 25.0 Å². The summed E-state index contributed by atoms with van der Waals surface area (Å²) < 4.78 is 4.48. The lowest BCUT2D eigenvalue weighted by molar-refractivity contribution is 0.548. The summed E-state index contributed by atoms with van der Waals surface area (Å²) in [5.74, 6) is 0.832. The van der Waals surface area contributed by atoms with Crippen LogP contribution in [0.1, 0.15) is 52.7 Å². The molecule has 0 aliphatic carbocycles. The minimum atomic E-state index is -0.262. The van der Waals surface area contributed by atoms with Gasteiger partial charge in [-0.05, 0) is 78.3 Å². The predicted octanol–water partition coefficient (Wildman–Crippen LogP) is 6.20. The van der Waals surface area contributed by atoms with Crippen molar-refractivity contribution in [1.29, 1.82) is 0 Å². The standard InChI is InChI=1S/C31H35N5/c1-21-16-18-22(19-17-21)20-35-27(33-30(2,3)4)24-13-9-11-15-26(24)36-28(34-31(5,6)7)23-12-8-10-14-25(23)32-29(35)36/h8-19H,20H2,1-7H3. The number of para-hydroxylation sites is 2. The molecule has 0 saturated carbocycles. The molecule has 0 atom stereocenters. The van der Waals surface area contributed by atoms with Crippen LogP contribution in [-0.2, 0) is 6.54 Å². The summed E-state index contributed by atoms with van der Waals surface area (Å²) in [4.78, 5) is 15.7. The Morgan fingerprint density at radius 2 is 1.28 bits per heavy atom. The van der Waals surface area contributed by atoms with Crippen LogP contribution in [0.15, 0.2) is 82.8 Å². The summed E-state index contributed by atoms with van der Waals surface area (Å²) in [6, 6.07) is 25.5. The Morgan fingerprint density at radius 3 is 1.94 bits per heavy atom. The second-order valence-electron chi connectivity index (χ2n) is 11.6. The number of hydrogen-bond acceptors (Lipinski definition) is 3. The van der Waals surface area contributed by atoms with Gasteiger partial charge in [-0.1, -0.05) is 54.1 Å². The number of aryl methyl sites for hydroxylation is 1. The molecule has 2 heterocycles. The topological polar surface area (TPSA) is 47.0 Å². The minimum absolute atomic E-state index is 0.258. The van der Waals surface area contributed by atoms with Gasteiger partial charge in [-0.15, -0.1) is 0 Å². The SMILES string of the molecule is Cc1ccc(Cn2c(=NC(C)(C)C)c3ccccc3n3c(=NC(C)(C)C)c4ccccc4nc23)cc1. The number of nitrogens with zero attached hydrogens (tertiary/aromatic N) is 5. The van der Waals surface area contributed by atoms with E-state index in [4.69, 9.17) is 15.0 Å². The molecule has 0 radical (unpaired) electrons. The fraction of sp³-hybridized carbons (Fsp3) is 0.323. The van der Waals surface area contributed by atoms with Gasteiger partial charge in [0.15, 0.2) is 0 Å². The van der Waals surface area contributed by atoms with E-state index >= 15 is 0 Å². The van der Waals surface area contributed by atoms with Gasteiger partial charge in [0.1, 0.15) is 11.0 Å². The van der Waals surface area contributed by atoms with Gasteiger partial charge in [0.05, 0.1) is 28.7 Å². The van der Waals surface area contributed by atoms with E-state index in [1.165, 1.54) is 11.1 Å². The molecule has 0 bridgehead atoms. The van der Waals surface area contributed by atoms with Crippen molar-refractivity contribution in [1.82, 2.24) is 14.0 Å². The van der Waals surface area contributed by atoms with Crippen LogP contribution >= 0.6 is 0 Å². The van der Waals surface area contributed by atoms with Crippen LogP contribution in [0, 0.1) is 6.92 Å². The van der Waals surface area contributed by atoms with E-state index in [-0.39, 0.29) is 11.1 Å². The fourth-order valence-corrected chi connectivity index (χ4v) is 4.52. The van der Waals surface area contributed by atoms with E-state index in [1.807, 2.05) is 6.07 Å². The van der Waals surface area contributed by atoms with Crippen LogP contribution in [0.25, 0.3) is 27.6 Å². The first-order chi connectivity index (χ1) is 17.0. The predicted molar refractivity (Wildman–Crippen MR) is 149 cm³/mol. The van der Waals surface area contributed by atoms with E-state index in [0.717, 1.165) is 38.6 Å². The Hall–Kier alpha value is -3.73. The highest BCUT2D eigenvalue weighted by atomic mass is 15.2. The first kappa shape index (κ1) is 24.0. The normalized spacial score (nSPS) is 13.9. The van der Waals surface area contributed by atoms with Crippen molar-refractivity contribution in [3.8, 4) is 0 Å². The molecule has 5 nitrogen and oxygen atoms in total. The number of fused-ring (bicyclic) bond motifs is 4. The maximum absolute atomic E-state index is 5.25. The average Bonchev–Trinajstić information content (AvgIpc) is 2.80. The largest absolute Gasteiger partial charge is 0.291 e. The molecule has 0 aliphatic heterocycles. The minimum Gasteiger partial charge on any atom is -0.291 e. The summed E-state index contributed by atoms with van der Waals surface area (Å²) in [6.07, 6.45) is 0. The lowest BCUT2D eigenvalue weighted by Crippen LogP contribution is -2.34. The molecule has 0 N–H and O–H groups in total. The van der Waals surface area contributed by atoms with Gasteiger partial charge >= 0.3 is 0 Å². The maximum Gasteiger partial charge on any atom is 0.218 e. The lowest BCUT2D eigenvalue weighted by atomic mass is 10.1. The molecular weight excluding hydrogens is 442 g/mol. The third-order valence-corrected chi connectivity index (χ3v) is 6.00. The molecule has 0 amide bonds. The van der Waals surface area contributed by atoms with Gasteiger partial charge in [0.25, 0.3) is 0 Å². The number of aromatic nitrogens is 3. The molecule has 5 aromatic rings. The maximum atomic E-state index is 5.25. The van der Waals surface area contributed by atoms with Crippen LogP contribution in [0.2, 0.25) is 0 Å². The van der Waals surface area contributed by atoms with E-state index in [1.54, 1.807) is 0 Å². The number of hydrogen-bond donors (Lipinski definition) is 0. The molecular formula is C31H35N5. The van der Waals surface area contributed by atoms with Crippen molar-refractivity contribution in [2.24, 2.45) is 9.98 Å². The Morgan fingerprint density at radius 1 is 0.694 bits per heavy atom. The Labute approximate surface area is 212 Å². The first-order valence-corrected chi connectivity index (χ1v) is 12.6. The van der Waals surface area contributed by atoms with Crippen molar-refractivity contribution in [2.45, 2.75) is 66.1 Å². The zero-order valence-electron chi connectivity index (χ0n) is 22.4. The van der Waals surface area contributed by atoms with Crippen molar-refractivity contribution in [2.75, 3.05) is 0 Å². The Balaban J connectivity index is 2.07. The van der Waals surface area contributed by atoms with Crippen LogP contribution in [0.4, 0.5) is 0 Å². The van der Waals surface area contributed by atoms with E-state index in [2.05, 4.69) is 124 Å². The smallest absolute Gasteiger partial charge is 0.218 e. The molecule has 3 aromatic carbocycles. The quantitative estimate of drug-likeness (QED) is 0.221. The Kier molecular flexibility index (Phi) is 5.82. The molecule has 0 spiro atoms. The van der Waals surface area contributed by atoms with Crippen LogP contribution in [0.3, 0.4) is 0 Å². The second-order valence-corrected chi connectivity index (χ2v) is 11.6. The van der Waals surface area contributed by atoms with E-state index in [0.29, 0.717) is 6.54 Å². The average molecular weight is 478 g/mol. The molecule has 0 aliphatic rings. The van der Waals surface area contributed by atoms with E-state index < -0.39 is 0 Å².